The van der Waals surface area contributed by atoms with E-state index in [0.29, 0.717) is 0 Å². The van der Waals surface area contributed by atoms with Gasteiger partial charge in [0.25, 0.3) is 0 Å². The lowest BCUT2D eigenvalue weighted by Crippen LogP contribution is -2.21. The molecule has 0 aliphatic rings. The van der Waals surface area contributed by atoms with Crippen LogP contribution in [0.15, 0.2) is 133 Å². The minimum Gasteiger partial charge on any atom is -0.370 e. The number of anilines is 2. The second-order valence-corrected chi connectivity index (χ2v) is 10.4. The molecule has 2 nitrogen and oxygen atoms in total. The quantitative estimate of drug-likeness (QED) is 0.156. The van der Waals surface area contributed by atoms with E-state index >= 15 is 0 Å². The zero-order chi connectivity index (χ0) is 28.3. The van der Waals surface area contributed by atoms with Gasteiger partial charge < -0.3 is 9.80 Å². The van der Waals surface area contributed by atoms with Crippen LogP contribution in [-0.2, 0) is 13.1 Å². The maximum absolute atomic E-state index is 2.40. The monoisotopic (exact) mass is 534 g/mol. The van der Waals surface area contributed by atoms with Gasteiger partial charge in [-0.3, -0.25) is 0 Å². The highest BCUT2D eigenvalue weighted by Gasteiger charge is 2.05. The van der Waals surface area contributed by atoms with Crippen molar-refractivity contribution in [3.8, 4) is 0 Å². The number of hydrogen-bond donors (Lipinski definition) is 0. The maximum Gasteiger partial charge on any atom is 0.0429 e. The van der Waals surface area contributed by atoms with Crippen molar-refractivity contribution in [2.45, 2.75) is 20.0 Å². The summed E-state index contributed by atoms with van der Waals surface area (Å²) in [5.74, 6) is 0. The third-order valence-electron chi connectivity index (χ3n) is 7.33. The van der Waals surface area contributed by atoms with E-state index in [9.17, 15) is 0 Å². The van der Waals surface area contributed by atoms with E-state index in [1.807, 2.05) is 0 Å². The normalized spacial score (nSPS) is 11.3. The van der Waals surface area contributed by atoms with Gasteiger partial charge in [0, 0.05) is 38.1 Å². The Labute approximate surface area is 245 Å². The van der Waals surface area contributed by atoms with Crippen molar-refractivity contribution in [1.29, 1.82) is 0 Å². The van der Waals surface area contributed by atoms with Crippen LogP contribution < -0.4 is 9.80 Å². The first-order valence-corrected chi connectivity index (χ1v) is 14.4. The summed E-state index contributed by atoms with van der Waals surface area (Å²) >= 11 is 0. The first-order valence-electron chi connectivity index (χ1n) is 14.4. The van der Waals surface area contributed by atoms with Crippen LogP contribution in [0, 0.1) is 0 Å². The molecule has 41 heavy (non-hydrogen) atoms. The van der Waals surface area contributed by atoms with Crippen LogP contribution in [0.4, 0.5) is 11.4 Å². The Morgan fingerprint density at radius 3 is 1.22 bits per heavy atom. The summed E-state index contributed by atoms with van der Waals surface area (Å²) in [6.45, 7) is 5.00. The highest BCUT2D eigenvalue weighted by molar-refractivity contribution is 5.74. The molecule has 0 aliphatic carbocycles. The summed E-state index contributed by atoms with van der Waals surface area (Å²) in [5, 5.41) is 0. The summed E-state index contributed by atoms with van der Waals surface area (Å²) in [4.78, 5) is 4.67. The van der Waals surface area contributed by atoms with Crippen LogP contribution >= 0.6 is 0 Å². The molecule has 0 bridgehead atoms. The van der Waals surface area contributed by atoms with Crippen molar-refractivity contribution in [3.05, 3.63) is 167 Å². The Hall–Kier alpha value is -4.82. The van der Waals surface area contributed by atoms with Crippen LogP contribution in [0.2, 0.25) is 0 Å². The first kappa shape index (κ1) is 27.7. The average molecular weight is 535 g/mol. The SMILES string of the molecule is CCN(Cc1ccccc1)c1ccc(C=Cc2ccc(C=Cc3ccc(N(C)Cc4ccccc4)cc3)cc2)cc1. The zero-order valence-electron chi connectivity index (χ0n) is 24.0. The van der Waals surface area contributed by atoms with Gasteiger partial charge in [-0.15, -0.1) is 0 Å². The van der Waals surface area contributed by atoms with Gasteiger partial charge in [-0.25, -0.2) is 0 Å². The van der Waals surface area contributed by atoms with Crippen LogP contribution in [-0.4, -0.2) is 13.6 Å². The molecule has 0 saturated carbocycles. The lowest BCUT2D eigenvalue weighted by atomic mass is 10.1. The molecule has 0 aliphatic heterocycles. The summed E-state index contributed by atoms with van der Waals surface area (Å²) in [6.07, 6.45) is 8.70. The number of hydrogen-bond acceptors (Lipinski definition) is 2. The van der Waals surface area contributed by atoms with Gasteiger partial charge in [0.15, 0.2) is 0 Å². The molecule has 0 saturated heterocycles. The Kier molecular flexibility index (Phi) is 9.47. The van der Waals surface area contributed by atoms with Gasteiger partial charge >= 0.3 is 0 Å². The second-order valence-electron chi connectivity index (χ2n) is 10.4. The molecule has 0 atom stereocenters. The van der Waals surface area contributed by atoms with Crippen LogP contribution in [0.25, 0.3) is 24.3 Å². The van der Waals surface area contributed by atoms with Gasteiger partial charge in [0.05, 0.1) is 0 Å². The third kappa shape index (κ3) is 8.09. The molecule has 0 fully saturated rings. The Morgan fingerprint density at radius 1 is 0.439 bits per heavy atom. The van der Waals surface area contributed by atoms with Crippen molar-refractivity contribution in [3.63, 3.8) is 0 Å². The van der Waals surface area contributed by atoms with E-state index in [2.05, 4.69) is 182 Å². The van der Waals surface area contributed by atoms with Gasteiger partial charge in [0.1, 0.15) is 0 Å². The topological polar surface area (TPSA) is 6.48 Å². The summed E-state index contributed by atoms with van der Waals surface area (Å²) in [6, 6.07) is 47.5. The molecular weight excluding hydrogens is 496 g/mol. The highest BCUT2D eigenvalue weighted by Crippen LogP contribution is 2.21. The van der Waals surface area contributed by atoms with Crippen LogP contribution in [0.3, 0.4) is 0 Å². The number of benzene rings is 5. The molecule has 5 rings (SSSR count). The fraction of sp³-hybridized carbons (Fsp3) is 0.128. The fourth-order valence-electron chi connectivity index (χ4n) is 4.88. The predicted octanol–water partition coefficient (Wildman–Crippen LogP) is 9.69. The third-order valence-corrected chi connectivity index (χ3v) is 7.33. The summed E-state index contributed by atoms with van der Waals surface area (Å²) in [7, 11) is 2.13. The minimum atomic E-state index is 0.897. The molecular formula is C39H38N2. The minimum absolute atomic E-state index is 0.897. The molecule has 2 heteroatoms. The van der Waals surface area contributed by atoms with E-state index in [1.165, 1.54) is 44.8 Å². The Morgan fingerprint density at radius 2 is 0.805 bits per heavy atom. The molecule has 0 N–H and O–H groups in total. The van der Waals surface area contributed by atoms with Crippen molar-refractivity contribution >= 4 is 35.7 Å². The smallest absolute Gasteiger partial charge is 0.0429 e. The van der Waals surface area contributed by atoms with E-state index in [1.54, 1.807) is 0 Å². The molecule has 0 spiro atoms. The van der Waals surface area contributed by atoms with E-state index < -0.39 is 0 Å². The van der Waals surface area contributed by atoms with E-state index in [-0.39, 0.29) is 0 Å². The molecule has 0 unspecified atom stereocenters. The largest absolute Gasteiger partial charge is 0.370 e. The number of rotatable bonds is 11. The molecule has 5 aromatic carbocycles. The van der Waals surface area contributed by atoms with Gasteiger partial charge in [-0.05, 0) is 64.6 Å². The zero-order valence-corrected chi connectivity index (χ0v) is 24.0. The standard InChI is InChI=1S/C39H38N2/c1-3-41(31-37-12-8-5-9-13-37)39-28-24-35(25-29-39)21-19-33-16-14-32(15-17-33)18-20-34-22-26-38(27-23-34)40(2)30-36-10-6-4-7-11-36/h4-29H,3,30-31H2,1-2H3. The molecule has 0 amide bonds. The van der Waals surface area contributed by atoms with Crippen LogP contribution in [0.5, 0.6) is 0 Å². The first-order chi connectivity index (χ1) is 20.2. The summed E-state index contributed by atoms with van der Waals surface area (Å²) in [5.41, 5.74) is 9.88. The molecule has 204 valence electrons. The van der Waals surface area contributed by atoms with Crippen molar-refractivity contribution < 1.29 is 0 Å². The Bertz CT molecular complexity index is 1530. The predicted molar refractivity (Wildman–Crippen MR) is 179 cm³/mol. The lowest BCUT2D eigenvalue weighted by molar-refractivity contribution is 0.832. The van der Waals surface area contributed by atoms with Crippen LogP contribution in [0.1, 0.15) is 40.3 Å². The van der Waals surface area contributed by atoms with Crippen molar-refractivity contribution in [2.75, 3.05) is 23.4 Å². The maximum atomic E-state index is 2.40. The van der Waals surface area contributed by atoms with Gasteiger partial charge in [-0.1, -0.05) is 133 Å². The molecule has 0 heterocycles. The fourth-order valence-corrected chi connectivity index (χ4v) is 4.88. The highest BCUT2D eigenvalue weighted by atomic mass is 15.1. The van der Waals surface area contributed by atoms with Gasteiger partial charge in [-0.2, -0.15) is 0 Å². The molecule has 0 radical (unpaired) electrons. The molecule has 0 aromatic heterocycles. The van der Waals surface area contributed by atoms with Gasteiger partial charge in [0.2, 0.25) is 0 Å². The lowest BCUT2D eigenvalue weighted by Gasteiger charge is -2.23. The summed E-state index contributed by atoms with van der Waals surface area (Å²) < 4.78 is 0. The molecule has 5 aromatic rings. The Balaban J connectivity index is 1.14. The average Bonchev–Trinajstić information content (AvgIpc) is 3.03. The second kappa shape index (κ2) is 14.0. The number of nitrogens with zero attached hydrogens (tertiary/aromatic N) is 2. The van der Waals surface area contributed by atoms with Crippen molar-refractivity contribution in [1.82, 2.24) is 0 Å². The van der Waals surface area contributed by atoms with Crippen molar-refractivity contribution in [2.24, 2.45) is 0 Å². The van der Waals surface area contributed by atoms with E-state index in [4.69, 9.17) is 0 Å². The van der Waals surface area contributed by atoms with E-state index in [0.717, 1.165) is 19.6 Å².